The zero-order valence-corrected chi connectivity index (χ0v) is 14.1. The van der Waals surface area contributed by atoms with Crippen LogP contribution in [0.3, 0.4) is 0 Å². The van der Waals surface area contributed by atoms with Gasteiger partial charge in [-0.15, -0.1) is 0 Å². The summed E-state index contributed by atoms with van der Waals surface area (Å²) in [4.78, 5) is 30.2. The first-order valence-electron chi connectivity index (χ1n) is 8.14. The Morgan fingerprint density at radius 1 is 0.958 bits per heavy atom. The second-order valence-corrected chi connectivity index (χ2v) is 5.38. The molecule has 0 aromatic heterocycles. The van der Waals surface area contributed by atoms with Crippen LogP contribution in [-0.2, 0) is 4.79 Å². The van der Waals surface area contributed by atoms with Crippen LogP contribution < -0.4 is 4.90 Å². The fraction of sp³-hybridized carbons (Fsp3) is 0.250. The molecule has 0 heterocycles. The van der Waals surface area contributed by atoms with Gasteiger partial charge in [-0.3, -0.25) is 14.6 Å². The minimum Gasteiger partial charge on any atom is -0.372 e. The van der Waals surface area contributed by atoms with Crippen molar-refractivity contribution in [1.29, 1.82) is 0 Å². The van der Waals surface area contributed by atoms with E-state index in [4.69, 9.17) is 0 Å². The zero-order chi connectivity index (χ0) is 17.4. The number of carbonyl (C=O) groups excluding carboxylic acids is 2. The summed E-state index contributed by atoms with van der Waals surface area (Å²) in [6, 6.07) is 16.5. The van der Waals surface area contributed by atoms with E-state index in [1.807, 2.05) is 30.3 Å². The molecule has 0 fully saturated rings. The molecule has 2 rings (SSSR count). The average molecular weight is 322 g/mol. The number of nitrogens with zero attached hydrogens (tertiary/aromatic N) is 2. The fourth-order valence-electron chi connectivity index (χ4n) is 2.41. The quantitative estimate of drug-likeness (QED) is 0.418. The molecule has 0 aliphatic heterocycles. The lowest BCUT2D eigenvalue weighted by Gasteiger charge is -2.20. The molecule has 4 nitrogen and oxygen atoms in total. The van der Waals surface area contributed by atoms with E-state index in [2.05, 4.69) is 23.7 Å². The third-order valence-electron chi connectivity index (χ3n) is 3.77. The zero-order valence-electron chi connectivity index (χ0n) is 14.1. The molecule has 2 aromatic carbocycles. The van der Waals surface area contributed by atoms with Crippen LogP contribution in [0.4, 0.5) is 11.4 Å². The third-order valence-corrected chi connectivity index (χ3v) is 3.77. The summed E-state index contributed by atoms with van der Waals surface area (Å²) >= 11 is 0. The van der Waals surface area contributed by atoms with Crippen LogP contribution in [0.2, 0.25) is 0 Å². The Morgan fingerprint density at radius 2 is 1.58 bits per heavy atom. The number of hydrogen-bond donors (Lipinski definition) is 0. The molecule has 2 aromatic rings. The van der Waals surface area contributed by atoms with Crippen molar-refractivity contribution in [1.82, 2.24) is 0 Å². The number of aliphatic imine (C=N–C) groups is 1. The number of hydrogen-bond acceptors (Lipinski definition) is 4. The molecular formula is C20H22N2O2. The van der Waals surface area contributed by atoms with E-state index < -0.39 is 0 Å². The van der Waals surface area contributed by atoms with Gasteiger partial charge in [0.2, 0.25) is 0 Å². The van der Waals surface area contributed by atoms with Gasteiger partial charge in [-0.25, -0.2) is 0 Å². The highest BCUT2D eigenvalue weighted by Crippen LogP contribution is 2.19. The molecule has 24 heavy (non-hydrogen) atoms. The van der Waals surface area contributed by atoms with Gasteiger partial charge < -0.3 is 4.90 Å². The molecule has 0 radical (unpaired) electrons. The normalized spacial score (nSPS) is 10.8. The Balaban J connectivity index is 1.95. The van der Waals surface area contributed by atoms with Crippen molar-refractivity contribution in [2.24, 2.45) is 4.99 Å². The smallest absolute Gasteiger partial charge is 0.181 e. The van der Waals surface area contributed by atoms with Crippen LogP contribution in [0.5, 0.6) is 0 Å². The van der Waals surface area contributed by atoms with Crippen LogP contribution in [-0.4, -0.2) is 30.9 Å². The Kier molecular flexibility index (Phi) is 6.43. The maximum Gasteiger partial charge on any atom is 0.181 e. The van der Waals surface area contributed by atoms with Crippen molar-refractivity contribution in [3.63, 3.8) is 0 Å². The van der Waals surface area contributed by atoms with Gasteiger partial charge in [0.25, 0.3) is 0 Å². The maximum atomic E-state index is 12.0. The maximum absolute atomic E-state index is 12.0. The van der Waals surface area contributed by atoms with Gasteiger partial charge in [0.15, 0.2) is 11.6 Å². The average Bonchev–Trinajstić information content (AvgIpc) is 2.63. The topological polar surface area (TPSA) is 49.7 Å². The first-order chi connectivity index (χ1) is 11.6. The molecule has 0 atom stereocenters. The predicted molar refractivity (Wildman–Crippen MR) is 98.6 cm³/mol. The molecule has 0 amide bonds. The van der Waals surface area contributed by atoms with Gasteiger partial charge in [0.1, 0.15) is 0 Å². The van der Waals surface area contributed by atoms with Crippen molar-refractivity contribution in [3.8, 4) is 0 Å². The van der Waals surface area contributed by atoms with Crippen molar-refractivity contribution in [2.75, 3.05) is 18.0 Å². The van der Waals surface area contributed by atoms with Crippen LogP contribution in [0.15, 0.2) is 59.6 Å². The summed E-state index contributed by atoms with van der Waals surface area (Å²) in [6.07, 6.45) is 1.07. The van der Waals surface area contributed by atoms with Gasteiger partial charge >= 0.3 is 0 Å². The standard InChI is InChI=1S/C20H22N2O2/c1-3-22(4-2)18-12-10-17(11-13-18)21-15-19(23)14-20(24)16-8-6-5-7-9-16/h5-13,15H,3-4,14H2,1-2H3. The summed E-state index contributed by atoms with van der Waals surface area (Å²) in [5.41, 5.74) is 2.37. The van der Waals surface area contributed by atoms with Crippen LogP contribution >= 0.6 is 0 Å². The second-order valence-electron chi connectivity index (χ2n) is 5.38. The highest BCUT2D eigenvalue weighted by Gasteiger charge is 2.09. The van der Waals surface area contributed by atoms with E-state index in [9.17, 15) is 9.59 Å². The first kappa shape index (κ1) is 17.6. The van der Waals surface area contributed by atoms with E-state index in [1.165, 1.54) is 6.21 Å². The molecule has 0 saturated heterocycles. The number of rotatable bonds is 8. The van der Waals surface area contributed by atoms with Crippen molar-refractivity contribution in [3.05, 3.63) is 60.2 Å². The lowest BCUT2D eigenvalue weighted by atomic mass is 10.1. The molecule has 0 bridgehead atoms. The van der Waals surface area contributed by atoms with E-state index in [0.717, 1.165) is 18.8 Å². The lowest BCUT2D eigenvalue weighted by Crippen LogP contribution is -2.21. The van der Waals surface area contributed by atoms with E-state index in [0.29, 0.717) is 11.3 Å². The molecule has 124 valence electrons. The van der Waals surface area contributed by atoms with Gasteiger partial charge in [0.05, 0.1) is 18.3 Å². The molecule has 0 saturated carbocycles. The SMILES string of the molecule is CCN(CC)c1ccc(N=CC(=O)CC(=O)c2ccccc2)cc1. The minimum absolute atomic E-state index is 0.162. The Bertz CT molecular complexity index is 702. The van der Waals surface area contributed by atoms with Crippen LogP contribution in [0.25, 0.3) is 0 Å². The number of carbonyl (C=O) groups is 2. The van der Waals surface area contributed by atoms with Crippen LogP contribution in [0.1, 0.15) is 30.6 Å². The number of benzene rings is 2. The fourth-order valence-corrected chi connectivity index (χ4v) is 2.41. The number of ketones is 2. The van der Waals surface area contributed by atoms with E-state index in [1.54, 1.807) is 24.3 Å². The van der Waals surface area contributed by atoms with Gasteiger partial charge in [0, 0.05) is 24.3 Å². The highest BCUT2D eigenvalue weighted by molar-refractivity contribution is 6.33. The van der Waals surface area contributed by atoms with Gasteiger partial charge in [-0.1, -0.05) is 30.3 Å². The van der Waals surface area contributed by atoms with E-state index in [-0.39, 0.29) is 18.0 Å². The largest absolute Gasteiger partial charge is 0.372 e. The van der Waals surface area contributed by atoms with Gasteiger partial charge in [-0.05, 0) is 38.1 Å². The van der Waals surface area contributed by atoms with E-state index >= 15 is 0 Å². The molecule has 0 aliphatic rings. The first-order valence-corrected chi connectivity index (χ1v) is 8.14. The third kappa shape index (κ3) is 4.88. The molecule has 4 heteroatoms. The number of Topliss-reactive ketones (excluding diaryl/α,β-unsaturated/α-hetero) is 2. The molecule has 0 unspecified atom stereocenters. The number of anilines is 1. The molecular weight excluding hydrogens is 300 g/mol. The van der Waals surface area contributed by atoms with Gasteiger partial charge in [-0.2, -0.15) is 0 Å². The lowest BCUT2D eigenvalue weighted by molar-refractivity contribution is -0.111. The summed E-state index contributed by atoms with van der Waals surface area (Å²) in [7, 11) is 0. The van der Waals surface area contributed by atoms with Crippen LogP contribution in [0, 0.1) is 0 Å². The summed E-state index contributed by atoms with van der Waals surface area (Å²) < 4.78 is 0. The summed E-state index contributed by atoms with van der Waals surface area (Å²) in [5.74, 6) is -0.486. The summed E-state index contributed by atoms with van der Waals surface area (Å²) in [6.45, 7) is 6.11. The van der Waals surface area contributed by atoms with Crippen molar-refractivity contribution >= 4 is 29.2 Å². The Hall–Kier alpha value is -2.75. The molecule has 0 N–H and O–H groups in total. The summed E-state index contributed by atoms with van der Waals surface area (Å²) in [5, 5.41) is 0. The van der Waals surface area contributed by atoms with Crippen molar-refractivity contribution in [2.45, 2.75) is 20.3 Å². The Morgan fingerprint density at radius 3 is 2.17 bits per heavy atom. The highest BCUT2D eigenvalue weighted by atomic mass is 16.1. The monoisotopic (exact) mass is 322 g/mol. The predicted octanol–water partition coefficient (Wildman–Crippen LogP) is 4.08. The molecule has 0 spiro atoms. The van der Waals surface area contributed by atoms with Crippen molar-refractivity contribution < 1.29 is 9.59 Å². The Labute approximate surface area is 142 Å². The molecule has 0 aliphatic carbocycles. The minimum atomic E-state index is -0.295. The second kappa shape index (κ2) is 8.77.